The second-order valence-electron chi connectivity index (χ2n) is 4.32. The Morgan fingerprint density at radius 3 is 2.81 bits per heavy atom. The van der Waals surface area contributed by atoms with E-state index in [1.165, 1.54) is 0 Å². The van der Waals surface area contributed by atoms with Gasteiger partial charge in [0, 0.05) is 5.39 Å². The van der Waals surface area contributed by atoms with E-state index < -0.39 is 0 Å². The molecule has 1 aromatic carbocycles. The topological polar surface area (TPSA) is 45.8 Å². The number of hydrogen-bond donors (Lipinski definition) is 1. The van der Waals surface area contributed by atoms with Crippen LogP contribution in [-0.4, -0.2) is 10.2 Å². The number of nitrogens with zero attached hydrogens (tertiary/aromatic N) is 1. The predicted octanol–water partition coefficient (Wildman–Crippen LogP) is 2.78. The Balaban J connectivity index is 2.61. The molecule has 0 spiro atoms. The third-order valence-electron chi connectivity index (χ3n) is 2.45. The van der Waals surface area contributed by atoms with E-state index in [1.807, 2.05) is 18.2 Å². The summed E-state index contributed by atoms with van der Waals surface area (Å²) in [6, 6.07) is 5.74. The van der Waals surface area contributed by atoms with Crippen molar-refractivity contribution >= 4 is 22.4 Å². The first-order chi connectivity index (χ1) is 7.58. The molecule has 0 fully saturated rings. The first kappa shape index (κ1) is 11.1. The van der Waals surface area contributed by atoms with Gasteiger partial charge in [-0.3, -0.25) is 4.79 Å². The second kappa shape index (κ2) is 4.26. The number of nitrogens with one attached hydrogen (secondary N) is 1. The van der Waals surface area contributed by atoms with Gasteiger partial charge in [0.15, 0.2) is 5.15 Å². The smallest absolute Gasteiger partial charge is 0.267 e. The van der Waals surface area contributed by atoms with E-state index in [0.29, 0.717) is 21.8 Å². The lowest BCUT2D eigenvalue weighted by atomic mass is 10.0. The number of benzene rings is 1. The van der Waals surface area contributed by atoms with E-state index in [9.17, 15) is 4.79 Å². The molecule has 0 aliphatic carbocycles. The molecule has 1 heterocycles. The first-order valence-corrected chi connectivity index (χ1v) is 5.62. The predicted molar refractivity (Wildman–Crippen MR) is 65.9 cm³/mol. The third kappa shape index (κ3) is 2.09. The van der Waals surface area contributed by atoms with Crippen molar-refractivity contribution in [3.8, 4) is 0 Å². The standard InChI is InChI=1S/C12H13ClN2O/c1-7(2)5-8-3-4-9-10(6-8)12(16)15-14-11(9)13/h3-4,6-7H,5H2,1-2H3,(H,15,16). The van der Waals surface area contributed by atoms with Crippen LogP contribution >= 0.6 is 11.6 Å². The van der Waals surface area contributed by atoms with Crippen LogP contribution in [0.4, 0.5) is 0 Å². The van der Waals surface area contributed by atoms with Gasteiger partial charge in [-0.1, -0.05) is 37.6 Å². The van der Waals surface area contributed by atoms with Crippen molar-refractivity contribution in [2.24, 2.45) is 5.92 Å². The van der Waals surface area contributed by atoms with Crippen LogP contribution in [-0.2, 0) is 6.42 Å². The van der Waals surface area contributed by atoms with Crippen molar-refractivity contribution in [1.29, 1.82) is 0 Å². The van der Waals surface area contributed by atoms with Gasteiger partial charge in [-0.15, -0.1) is 0 Å². The van der Waals surface area contributed by atoms with Gasteiger partial charge in [-0.25, -0.2) is 5.10 Å². The molecule has 1 N–H and O–H groups in total. The van der Waals surface area contributed by atoms with E-state index in [-0.39, 0.29) is 5.56 Å². The second-order valence-corrected chi connectivity index (χ2v) is 4.68. The van der Waals surface area contributed by atoms with Gasteiger partial charge in [0.1, 0.15) is 0 Å². The van der Waals surface area contributed by atoms with E-state index in [0.717, 1.165) is 12.0 Å². The molecule has 0 atom stereocenters. The lowest BCUT2D eigenvalue weighted by Gasteiger charge is -2.06. The van der Waals surface area contributed by atoms with Crippen molar-refractivity contribution in [3.63, 3.8) is 0 Å². The summed E-state index contributed by atoms with van der Waals surface area (Å²) in [7, 11) is 0. The molecule has 3 nitrogen and oxygen atoms in total. The maximum Gasteiger partial charge on any atom is 0.272 e. The van der Waals surface area contributed by atoms with Gasteiger partial charge in [-0.05, 0) is 24.0 Å². The van der Waals surface area contributed by atoms with Crippen LogP contribution < -0.4 is 5.56 Å². The van der Waals surface area contributed by atoms with Crippen molar-refractivity contribution in [2.75, 3.05) is 0 Å². The van der Waals surface area contributed by atoms with Crippen LogP contribution in [0.2, 0.25) is 5.15 Å². The molecule has 0 bridgehead atoms. The number of rotatable bonds is 2. The summed E-state index contributed by atoms with van der Waals surface area (Å²) in [6.45, 7) is 4.29. The molecule has 2 aromatic rings. The fraction of sp³-hybridized carbons (Fsp3) is 0.333. The molecule has 4 heteroatoms. The number of fused-ring (bicyclic) bond motifs is 1. The molecular weight excluding hydrogens is 224 g/mol. The summed E-state index contributed by atoms with van der Waals surface area (Å²) in [5, 5.41) is 7.77. The summed E-state index contributed by atoms with van der Waals surface area (Å²) >= 11 is 5.91. The summed E-state index contributed by atoms with van der Waals surface area (Å²) < 4.78 is 0. The molecule has 0 aliphatic heterocycles. The minimum absolute atomic E-state index is 0.190. The zero-order valence-electron chi connectivity index (χ0n) is 9.25. The first-order valence-electron chi connectivity index (χ1n) is 5.24. The maximum atomic E-state index is 11.6. The summed E-state index contributed by atoms with van der Waals surface area (Å²) in [6.07, 6.45) is 0.954. The quantitative estimate of drug-likeness (QED) is 0.872. The van der Waals surface area contributed by atoms with Crippen molar-refractivity contribution in [3.05, 3.63) is 39.3 Å². The Morgan fingerprint density at radius 1 is 1.38 bits per heavy atom. The average Bonchev–Trinajstić information content (AvgIpc) is 2.23. The molecular formula is C12H13ClN2O. The number of halogens is 1. The summed E-state index contributed by atoms with van der Waals surface area (Å²) in [5.74, 6) is 0.564. The van der Waals surface area contributed by atoms with E-state index in [2.05, 4.69) is 24.0 Å². The number of hydrogen-bond acceptors (Lipinski definition) is 2. The highest BCUT2D eigenvalue weighted by atomic mass is 35.5. The van der Waals surface area contributed by atoms with Gasteiger partial charge in [0.2, 0.25) is 0 Å². The molecule has 16 heavy (non-hydrogen) atoms. The minimum Gasteiger partial charge on any atom is -0.267 e. The molecule has 84 valence electrons. The minimum atomic E-state index is -0.190. The van der Waals surface area contributed by atoms with Gasteiger partial charge in [0.05, 0.1) is 5.39 Å². The van der Waals surface area contributed by atoms with E-state index >= 15 is 0 Å². The van der Waals surface area contributed by atoms with Crippen molar-refractivity contribution in [2.45, 2.75) is 20.3 Å². The van der Waals surface area contributed by atoms with Crippen LogP contribution in [0.25, 0.3) is 10.8 Å². The van der Waals surface area contributed by atoms with Crippen LogP contribution in [0.5, 0.6) is 0 Å². The highest BCUT2D eigenvalue weighted by Crippen LogP contribution is 2.20. The molecule has 0 aliphatic rings. The fourth-order valence-electron chi connectivity index (χ4n) is 1.78. The van der Waals surface area contributed by atoms with E-state index in [1.54, 1.807) is 0 Å². The third-order valence-corrected chi connectivity index (χ3v) is 2.74. The average molecular weight is 237 g/mol. The molecule has 0 saturated carbocycles. The van der Waals surface area contributed by atoms with Gasteiger partial charge >= 0.3 is 0 Å². The largest absolute Gasteiger partial charge is 0.272 e. The highest BCUT2D eigenvalue weighted by Gasteiger charge is 2.06. The monoisotopic (exact) mass is 236 g/mol. The van der Waals surface area contributed by atoms with Crippen LogP contribution in [0.3, 0.4) is 0 Å². The molecule has 2 rings (SSSR count). The van der Waals surface area contributed by atoms with Crippen LogP contribution in [0.15, 0.2) is 23.0 Å². The lowest BCUT2D eigenvalue weighted by Crippen LogP contribution is -2.09. The Bertz CT molecular complexity index is 575. The Hall–Kier alpha value is -1.35. The van der Waals surface area contributed by atoms with Gasteiger partial charge < -0.3 is 0 Å². The zero-order valence-corrected chi connectivity index (χ0v) is 10.0. The Labute approximate surface area is 98.4 Å². The summed E-state index contributed by atoms with van der Waals surface area (Å²) in [5.41, 5.74) is 0.959. The number of H-pyrrole nitrogens is 1. The zero-order chi connectivity index (χ0) is 11.7. The molecule has 0 unspecified atom stereocenters. The molecule has 1 aromatic heterocycles. The van der Waals surface area contributed by atoms with Crippen molar-refractivity contribution < 1.29 is 0 Å². The maximum absolute atomic E-state index is 11.6. The summed E-state index contributed by atoms with van der Waals surface area (Å²) in [4.78, 5) is 11.6. The Kier molecular flexibility index (Phi) is 2.97. The fourth-order valence-corrected chi connectivity index (χ4v) is 1.98. The molecule has 0 radical (unpaired) electrons. The molecule has 0 amide bonds. The molecule has 0 saturated heterocycles. The van der Waals surface area contributed by atoms with Crippen LogP contribution in [0.1, 0.15) is 19.4 Å². The van der Waals surface area contributed by atoms with Gasteiger partial charge in [-0.2, -0.15) is 5.10 Å². The number of aromatic amines is 1. The van der Waals surface area contributed by atoms with Gasteiger partial charge in [0.25, 0.3) is 5.56 Å². The highest BCUT2D eigenvalue weighted by molar-refractivity contribution is 6.34. The lowest BCUT2D eigenvalue weighted by molar-refractivity contribution is 0.648. The Morgan fingerprint density at radius 2 is 2.12 bits per heavy atom. The van der Waals surface area contributed by atoms with Crippen molar-refractivity contribution in [1.82, 2.24) is 10.2 Å². The van der Waals surface area contributed by atoms with E-state index in [4.69, 9.17) is 11.6 Å². The number of aromatic nitrogens is 2. The van der Waals surface area contributed by atoms with Crippen LogP contribution in [0, 0.1) is 5.92 Å². The SMILES string of the molecule is CC(C)Cc1ccc2c(Cl)n[nH]c(=O)c2c1. The normalized spacial score (nSPS) is 11.2.